The maximum atomic E-state index is 12.0. The molecule has 0 radical (unpaired) electrons. The molecule has 3 aromatic rings. The van der Waals surface area contributed by atoms with E-state index in [1.807, 2.05) is 53.4 Å². The van der Waals surface area contributed by atoms with Crippen molar-refractivity contribution in [3.05, 3.63) is 47.6 Å². The second kappa shape index (κ2) is 4.85. The van der Waals surface area contributed by atoms with Gasteiger partial charge in [0.15, 0.2) is 5.13 Å². The lowest BCUT2D eigenvalue weighted by atomic mass is 10.2. The molecule has 0 fully saturated rings. The Morgan fingerprint density at radius 1 is 1.37 bits per heavy atom. The van der Waals surface area contributed by atoms with E-state index in [0.717, 1.165) is 16.6 Å². The summed E-state index contributed by atoms with van der Waals surface area (Å²) in [7, 11) is 0. The zero-order valence-corrected chi connectivity index (χ0v) is 11.3. The number of rotatable bonds is 3. The Labute approximate surface area is 114 Å². The van der Waals surface area contributed by atoms with E-state index >= 15 is 0 Å². The molecule has 1 N–H and O–H groups in total. The van der Waals surface area contributed by atoms with E-state index in [1.54, 1.807) is 0 Å². The van der Waals surface area contributed by atoms with Crippen molar-refractivity contribution in [3.63, 3.8) is 0 Å². The fourth-order valence-electron chi connectivity index (χ4n) is 2.00. The van der Waals surface area contributed by atoms with Gasteiger partial charge >= 0.3 is 0 Å². The summed E-state index contributed by atoms with van der Waals surface area (Å²) < 4.78 is 1.94. The summed E-state index contributed by atoms with van der Waals surface area (Å²) in [5.74, 6) is -0.0595. The SMILES string of the molecule is Cc1csc(NC(=O)Cn2ccc3ccccc32)n1. The summed E-state index contributed by atoms with van der Waals surface area (Å²) in [5.41, 5.74) is 1.99. The van der Waals surface area contributed by atoms with Gasteiger partial charge in [0.05, 0.1) is 5.69 Å². The number of hydrogen-bond donors (Lipinski definition) is 1. The smallest absolute Gasteiger partial charge is 0.246 e. The maximum Gasteiger partial charge on any atom is 0.246 e. The fraction of sp³-hybridized carbons (Fsp3) is 0.143. The second-order valence-corrected chi connectivity index (χ2v) is 5.20. The Bertz CT molecular complexity index is 729. The molecule has 0 unspecified atom stereocenters. The van der Waals surface area contributed by atoms with Crippen LogP contribution in [0.4, 0.5) is 5.13 Å². The van der Waals surface area contributed by atoms with Crippen molar-refractivity contribution in [1.29, 1.82) is 0 Å². The lowest BCUT2D eigenvalue weighted by Gasteiger charge is -2.05. The number of aromatic nitrogens is 2. The van der Waals surface area contributed by atoms with Crippen molar-refractivity contribution in [3.8, 4) is 0 Å². The van der Waals surface area contributed by atoms with Gasteiger partial charge in [-0.3, -0.25) is 4.79 Å². The van der Waals surface area contributed by atoms with Gasteiger partial charge in [0.25, 0.3) is 0 Å². The number of aryl methyl sites for hydroxylation is 1. The van der Waals surface area contributed by atoms with E-state index < -0.39 is 0 Å². The van der Waals surface area contributed by atoms with Gasteiger partial charge in [-0.15, -0.1) is 11.3 Å². The van der Waals surface area contributed by atoms with Gasteiger partial charge in [0.1, 0.15) is 6.54 Å². The molecule has 2 heterocycles. The molecular formula is C14H13N3OS. The first-order valence-corrected chi connectivity index (χ1v) is 6.86. The van der Waals surface area contributed by atoms with Crippen LogP contribution in [0, 0.1) is 6.92 Å². The Hall–Kier alpha value is -2.14. The van der Waals surface area contributed by atoms with Crippen LogP contribution in [0.2, 0.25) is 0 Å². The largest absolute Gasteiger partial charge is 0.338 e. The Kier molecular flexibility index (Phi) is 3.05. The molecule has 19 heavy (non-hydrogen) atoms. The van der Waals surface area contributed by atoms with E-state index in [1.165, 1.54) is 11.3 Å². The van der Waals surface area contributed by atoms with Gasteiger partial charge in [-0.2, -0.15) is 0 Å². The van der Waals surface area contributed by atoms with E-state index in [4.69, 9.17) is 0 Å². The number of anilines is 1. The number of nitrogens with zero attached hydrogens (tertiary/aromatic N) is 2. The molecule has 2 aromatic heterocycles. The Morgan fingerprint density at radius 2 is 2.21 bits per heavy atom. The average molecular weight is 271 g/mol. The first-order chi connectivity index (χ1) is 9.22. The van der Waals surface area contributed by atoms with Crippen molar-refractivity contribution < 1.29 is 4.79 Å². The molecule has 5 heteroatoms. The third-order valence-electron chi connectivity index (χ3n) is 2.86. The lowest BCUT2D eigenvalue weighted by molar-refractivity contribution is -0.116. The van der Waals surface area contributed by atoms with Gasteiger partial charge < -0.3 is 9.88 Å². The van der Waals surface area contributed by atoms with E-state index in [2.05, 4.69) is 10.3 Å². The van der Waals surface area contributed by atoms with Crippen LogP contribution in [0.15, 0.2) is 41.9 Å². The highest BCUT2D eigenvalue weighted by molar-refractivity contribution is 7.13. The highest BCUT2D eigenvalue weighted by atomic mass is 32.1. The molecule has 0 saturated heterocycles. The minimum atomic E-state index is -0.0595. The third kappa shape index (κ3) is 2.51. The summed E-state index contributed by atoms with van der Waals surface area (Å²) >= 11 is 1.44. The molecule has 0 aliphatic carbocycles. The van der Waals surface area contributed by atoms with Gasteiger partial charge in [0.2, 0.25) is 5.91 Å². The number of thiazole rings is 1. The van der Waals surface area contributed by atoms with E-state index in [-0.39, 0.29) is 5.91 Å². The van der Waals surface area contributed by atoms with Crippen LogP contribution in [0.25, 0.3) is 10.9 Å². The second-order valence-electron chi connectivity index (χ2n) is 4.34. The van der Waals surface area contributed by atoms with Crippen molar-refractivity contribution >= 4 is 33.3 Å². The zero-order valence-electron chi connectivity index (χ0n) is 10.5. The molecular weight excluding hydrogens is 258 g/mol. The topological polar surface area (TPSA) is 46.9 Å². The minimum Gasteiger partial charge on any atom is -0.338 e. The molecule has 0 aliphatic rings. The molecule has 0 bridgehead atoms. The van der Waals surface area contributed by atoms with Crippen molar-refractivity contribution in [2.45, 2.75) is 13.5 Å². The monoisotopic (exact) mass is 271 g/mol. The number of nitrogens with one attached hydrogen (secondary N) is 1. The summed E-state index contributed by atoms with van der Waals surface area (Å²) in [6, 6.07) is 10.0. The third-order valence-corrected chi connectivity index (χ3v) is 3.74. The molecule has 3 rings (SSSR count). The maximum absolute atomic E-state index is 12.0. The molecule has 96 valence electrons. The summed E-state index contributed by atoms with van der Waals surface area (Å²) in [5, 5.41) is 6.52. The number of hydrogen-bond acceptors (Lipinski definition) is 3. The predicted octanol–water partition coefficient (Wildman–Crippen LogP) is 3.04. The molecule has 1 aromatic carbocycles. The number of para-hydroxylation sites is 1. The molecule has 0 aliphatic heterocycles. The van der Waals surface area contributed by atoms with E-state index in [0.29, 0.717) is 11.7 Å². The Morgan fingerprint density at radius 3 is 3.00 bits per heavy atom. The van der Waals surface area contributed by atoms with Gasteiger partial charge in [0, 0.05) is 17.1 Å². The molecule has 1 amide bonds. The van der Waals surface area contributed by atoms with Crippen LogP contribution in [0.3, 0.4) is 0 Å². The summed E-state index contributed by atoms with van der Waals surface area (Å²) in [6.45, 7) is 2.21. The van der Waals surface area contributed by atoms with Gasteiger partial charge in [-0.1, -0.05) is 18.2 Å². The minimum absolute atomic E-state index is 0.0595. The number of fused-ring (bicyclic) bond motifs is 1. The molecule has 0 saturated carbocycles. The number of carbonyl (C=O) groups excluding carboxylic acids is 1. The van der Waals surface area contributed by atoms with Crippen molar-refractivity contribution in [2.24, 2.45) is 0 Å². The first-order valence-electron chi connectivity index (χ1n) is 5.98. The highest BCUT2D eigenvalue weighted by Crippen LogP contribution is 2.16. The quantitative estimate of drug-likeness (QED) is 0.796. The summed E-state index contributed by atoms with van der Waals surface area (Å²) in [4.78, 5) is 16.2. The normalized spacial score (nSPS) is 10.8. The standard InChI is InChI=1S/C14H13N3OS/c1-10-9-19-14(15-10)16-13(18)8-17-7-6-11-4-2-3-5-12(11)17/h2-7,9H,8H2,1H3,(H,15,16,18). The van der Waals surface area contributed by atoms with Gasteiger partial charge in [-0.05, 0) is 24.4 Å². The zero-order chi connectivity index (χ0) is 13.2. The number of amides is 1. The van der Waals surface area contributed by atoms with Gasteiger partial charge in [-0.25, -0.2) is 4.98 Å². The van der Waals surface area contributed by atoms with Crippen LogP contribution in [-0.2, 0) is 11.3 Å². The van der Waals surface area contributed by atoms with Crippen molar-refractivity contribution in [2.75, 3.05) is 5.32 Å². The Balaban J connectivity index is 1.76. The van der Waals surface area contributed by atoms with Crippen LogP contribution in [-0.4, -0.2) is 15.5 Å². The molecule has 0 atom stereocenters. The average Bonchev–Trinajstić information content (AvgIpc) is 2.97. The summed E-state index contributed by atoms with van der Waals surface area (Å²) in [6.07, 6.45) is 1.93. The van der Waals surface area contributed by atoms with Crippen LogP contribution in [0.1, 0.15) is 5.69 Å². The molecule has 0 spiro atoms. The van der Waals surface area contributed by atoms with Crippen LogP contribution in [0.5, 0.6) is 0 Å². The number of carbonyl (C=O) groups is 1. The van der Waals surface area contributed by atoms with Crippen LogP contribution < -0.4 is 5.32 Å². The lowest BCUT2D eigenvalue weighted by Crippen LogP contribution is -2.18. The molecule has 4 nitrogen and oxygen atoms in total. The van der Waals surface area contributed by atoms with Crippen molar-refractivity contribution in [1.82, 2.24) is 9.55 Å². The van der Waals surface area contributed by atoms with Crippen LogP contribution >= 0.6 is 11.3 Å². The fourth-order valence-corrected chi connectivity index (χ4v) is 2.71. The highest BCUT2D eigenvalue weighted by Gasteiger charge is 2.08. The van der Waals surface area contributed by atoms with E-state index in [9.17, 15) is 4.79 Å². The predicted molar refractivity (Wildman–Crippen MR) is 77.4 cm³/mol. The number of benzene rings is 1. The first kappa shape index (κ1) is 11.9.